The number of carboxylic acids is 1. The van der Waals surface area contributed by atoms with Crippen LogP contribution in [0.2, 0.25) is 5.02 Å². The monoisotopic (exact) mass is 252 g/mol. The summed E-state index contributed by atoms with van der Waals surface area (Å²) in [5.74, 6) is -0.156. The van der Waals surface area contributed by atoms with E-state index in [1.807, 2.05) is 26.0 Å². The van der Waals surface area contributed by atoms with Gasteiger partial charge in [0.15, 0.2) is 0 Å². The minimum Gasteiger partial charge on any atom is -0.481 e. The van der Waals surface area contributed by atoms with Crippen molar-refractivity contribution in [1.29, 1.82) is 0 Å². The number of carbonyl (C=O) groups is 1. The van der Waals surface area contributed by atoms with E-state index in [0.717, 1.165) is 10.6 Å². The molecular formula is C14H17ClO2. The van der Waals surface area contributed by atoms with Crippen LogP contribution in [-0.2, 0) is 10.2 Å². The van der Waals surface area contributed by atoms with Gasteiger partial charge < -0.3 is 5.11 Å². The third-order valence-electron chi connectivity index (χ3n) is 3.39. The summed E-state index contributed by atoms with van der Waals surface area (Å²) in [5, 5.41) is 9.68. The molecular weight excluding hydrogens is 236 g/mol. The van der Waals surface area contributed by atoms with E-state index in [9.17, 15) is 4.79 Å². The summed E-state index contributed by atoms with van der Waals surface area (Å²) in [4.78, 5) is 10.8. The smallest absolute Gasteiger partial charge is 0.304 e. The largest absolute Gasteiger partial charge is 0.481 e. The van der Waals surface area contributed by atoms with Gasteiger partial charge in [-0.25, -0.2) is 0 Å². The van der Waals surface area contributed by atoms with Gasteiger partial charge in [-0.3, -0.25) is 4.79 Å². The van der Waals surface area contributed by atoms with Gasteiger partial charge in [0.05, 0.1) is 6.42 Å². The fourth-order valence-corrected chi connectivity index (χ4v) is 2.49. The highest BCUT2D eigenvalue weighted by molar-refractivity contribution is 6.31. The van der Waals surface area contributed by atoms with E-state index >= 15 is 0 Å². The average molecular weight is 253 g/mol. The molecule has 3 heteroatoms. The summed E-state index contributed by atoms with van der Waals surface area (Å²) in [6.07, 6.45) is 2.56. The Morgan fingerprint density at radius 1 is 1.47 bits per heavy atom. The summed E-state index contributed by atoms with van der Waals surface area (Å²) in [5.41, 5.74) is 1.83. The van der Waals surface area contributed by atoms with Gasteiger partial charge in [0.1, 0.15) is 0 Å². The highest BCUT2D eigenvalue weighted by Crippen LogP contribution is 2.44. The summed E-state index contributed by atoms with van der Waals surface area (Å²) in [6, 6.07) is 6.00. The molecule has 2 rings (SSSR count). The Kier molecular flexibility index (Phi) is 3.17. The number of rotatable bonds is 4. The van der Waals surface area contributed by atoms with E-state index in [2.05, 4.69) is 6.07 Å². The van der Waals surface area contributed by atoms with E-state index in [4.69, 9.17) is 16.7 Å². The lowest BCUT2D eigenvalue weighted by Gasteiger charge is -2.23. The third kappa shape index (κ3) is 2.81. The first-order chi connectivity index (χ1) is 7.90. The number of hydrogen-bond donors (Lipinski definition) is 1. The molecule has 17 heavy (non-hydrogen) atoms. The SMILES string of the molecule is CC(C)(CC(=O)O)c1ccc(C2CC2)c(Cl)c1. The summed E-state index contributed by atoms with van der Waals surface area (Å²) in [7, 11) is 0. The van der Waals surface area contributed by atoms with Crippen LogP contribution in [0.5, 0.6) is 0 Å². The Bertz CT molecular complexity index is 448. The Morgan fingerprint density at radius 2 is 2.12 bits per heavy atom. The number of carboxylic acid groups (broad SMARTS) is 1. The van der Waals surface area contributed by atoms with Crippen molar-refractivity contribution in [3.63, 3.8) is 0 Å². The maximum absolute atomic E-state index is 10.8. The van der Waals surface area contributed by atoms with E-state index in [-0.39, 0.29) is 11.8 Å². The molecule has 0 spiro atoms. The van der Waals surface area contributed by atoms with Crippen molar-refractivity contribution in [1.82, 2.24) is 0 Å². The van der Waals surface area contributed by atoms with E-state index in [1.54, 1.807) is 0 Å². The van der Waals surface area contributed by atoms with Gasteiger partial charge in [-0.15, -0.1) is 0 Å². The Morgan fingerprint density at radius 3 is 2.59 bits per heavy atom. The highest BCUT2D eigenvalue weighted by atomic mass is 35.5. The molecule has 2 nitrogen and oxygen atoms in total. The molecule has 0 unspecified atom stereocenters. The molecule has 0 aliphatic heterocycles. The lowest BCUT2D eigenvalue weighted by atomic mass is 9.81. The Hall–Kier alpha value is -1.02. The fraction of sp³-hybridized carbons (Fsp3) is 0.500. The molecule has 1 aliphatic rings. The van der Waals surface area contributed by atoms with Crippen LogP contribution in [0.25, 0.3) is 0 Å². The zero-order chi connectivity index (χ0) is 12.6. The second-order valence-corrected chi connectivity index (χ2v) is 5.87. The first kappa shape index (κ1) is 12.4. The molecule has 0 saturated heterocycles. The molecule has 1 saturated carbocycles. The summed E-state index contributed by atoms with van der Waals surface area (Å²) in [6.45, 7) is 3.87. The molecule has 0 aromatic heterocycles. The van der Waals surface area contributed by atoms with Crippen molar-refractivity contribution in [3.8, 4) is 0 Å². The lowest BCUT2D eigenvalue weighted by Crippen LogP contribution is -2.21. The number of aliphatic carboxylic acids is 1. The number of hydrogen-bond acceptors (Lipinski definition) is 1. The lowest BCUT2D eigenvalue weighted by molar-refractivity contribution is -0.138. The van der Waals surface area contributed by atoms with E-state index < -0.39 is 5.97 Å². The zero-order valence-electron chi connectivity index (χ0n) is 10.2. The predicted octanol–water partition coefficient (Wildman–Crippen LogP) is 3.97. The molecule has 1 fully saturated rings. The molecule has 0 radical (unpaired) electrons. The fourth-order valence-electron chi connectivity index (χ4n) is 2.15. The van der Waals surface area contributed by atoms with Crippen LogP contribution in [-0.4, -0.2) is 11.1 Å². The van der Waals surface area contributed by atoms with Crippen LogP contribution in [0.1, 0.15) is 50.2 Å². The zero-order valence-corrected chi connectivity index (χ0v) is 10.9. The van der Waals surface area contributed by atoms with Gasteiger partial charge in [0.25, 0.3) is 0 Å². The maximum atomic E-state index is 10.8. The normalized spacial score (nSPS) is 15.9. The standard InChI is InChI=1S/C14H17ClO2/c1-14(2,8-13(16)17)10-5-6-11(9-3-4-9)12(15)7-10/h5-7,9H,3-4,8H2,1-2H3,(H,16,17). The van der Waals surface area contributed by atoms with E-state index in [0.29, 0.717) is 5.92 Å². The molecule has 0 heterocycles. The average Bonchev–Trinajstić information content (AvgIpc) is 2.98. The molecule has 1 N–H and O–H groups in total. The van der Waals surface area contributed by atoms with Crippen LogP contribution in [0, 0.1) is 0 Å². The molecule has 92 valence electrons. The molecule has 0 atom stereocenters. The second-order valence-electron chi connectivity index (χ2n) is 5.46. The highest BCUT2D eigenvalue weighted by Gasteiger charge is 2.28. The summed E-state index contributed by atoms with van der Waals surface area (Å²) < 4.78 is 0. The van der Waals surface area contributed by atoms with Crippen molar-refractivity contribution in [2.45, 2.75) is 44.4 Å². The van der Waals surface area contributed by atoms with Crippen molar-refractivity contribution in [3.05, 3.63) is 34.3 Å². The van der Waals surface area contributed by atoms with Crippen LogP contribution in [0.4, 0.5) is 0 Å². The van der Waals surface area contributed by atoms with Crippen molar-refractivity contribution >= 4 is 17.6 Å². The van der Waals surface area contributed by atoms with Gasteiger partial charge in [-0.1, -0.05) is 37.6 Å². The Balaban J connectivity index is 2.26. The quantitative estimate of drug-likeness (QED) is 0.880. The molecule has 1 aromatic carbocycles. The number of halogens is 1. The van der Waals surface area contributed by atoms with Gasteiger partial charge in [-0.2, -0.15) is 0 Å². The summed E-state index contributed by atoms with van der Waals surface area (Å²) >= 11 is 6.26. The molecule has 0 bridgehead atoms. The van der Waals surface area contributed by atoms with Crippen LogP contribution >= 0.6 is 11.6 Å². The van der Waals surface area contributed by atoms with Gasteiger partial charge >= 0.3 is 5.97 Å². The van der Waals surface area contributed by atoms with Crippen LogP contribution in [0.3, 0.4) is 0 Å². The van der Waals surface area contributed by atoms with Gasteiger partial charge in [0.2, 0.25) is 0 Å². The molecule has 1 aromatic rings. The van der Waals surface area contributed by atoms with Crippen LogP contribution < -0.4 is 0 Å². The molecule has 1 aliphatic carbocycles. The first-order valence-corrected chi connectivity index (χ1v) is 6.29. The van der Waals surface area contributed by atoms with Crippen molar-refractivity contribution in [2.24, 2.45) is 0 Å². The molecule has 0 amide bonds. The first-order valence-electron chi connectivity index (χ1n) is 5.92. The minimum absolute atomic E-state index is 0.117. The maximum Gasteiger partial charge on any atom is 0.304 e. The second kappa shape index (κ2) is 4.34. The minimum atomic E-state index is -0.780. The topological polar surface area (TPSA) is 37.3 Å². The predicted molar refractivity (Wildman–Crippen MR) is 68.7 cm³/mol. The van der Waals surface area contributed by atoms with Crippen molar-refractivity contribution < 1.29 is 9.90 Å². The number of benzene rings is 1. The van der Waals surface area contributed by atoms with Gasteiger partial charge in [-0.05, 0) is 36.0 Å². The van der Waals surface area contributed by atoms with Gasteiger partial charge in [0, 0.05) is 10.4 Å². The Labute approximate surface area is 107 Å². The van der Waals surface area contributed by atoms with E-state index in [1.165, 1.54) is 18.4 Å². The third-order valence-corrected chi connectivity index (χ3v) is 3.72. The van der Waals surface area contributed by atoms with Crippen LogP contribution in [0.15, 0.2) is 18.2 Å². The van der Waals surface area contributed by atoms with Crippen molar-refractivity contribution in [2.75, 3.05) is 0 Å².